The summed E-state index contributed by atoms with van der Waals surface area (Å²) in [5, 5.41) is 12.1. The highest BCUT2D eigenvalue weighted by atomic mass is 16.4. The van der Waals surface area contributed by atoms with Gasteiger partial charge in [-0.1, -0.05) is 12.1 Å². The van der Waals surface area contributed by atoms with Gasteiger partial charge in [0, 0.05) is 19.5 Å². The number of fused-ring (bicyclic) bond motifs is 1. The number of nitrogens with one attached hydrogen (secondary N) is 1. The summed E-state index contributed by atoms with van der Waals surface area (Å²) in [6.45, 7) is 0.411. The van der Waals surface area contributed by atoms with Crippen LogP contribution in [-0.4, -0.2) is 44.8 Å². The van der Waals surface area contributed by atoms with Crippen molar-refractivity contribution in [2.45, 2.75) is 13.0 Å². The molecule has 8 heteroatoms. The third kappa shape index (κ3) is 2.75. The Hall–Kier alpha value is -2.90. The largest absolute Gasteiger partial charge is 0.481 e. The fourth-order valence-electron chi connectivity index (χ4n) is 2.78. The molecule has 2 N–H and O–H groups in total. The second-order valence-corrected chi connectivity index (χ2v) is 5.52. The molecule has 0 radical (unpaired) electrons. The molecule has 0 bridgehead atoms. The molecule has 1 atom stereocenters. The average Bonchev–Trinajstić information content (AvgIpc) is 2.91. The minimum Gasteiger partial charge on any atom is -0.481 e. The van der Waals surface area contributed by atoms with Crippen molar-refractivity contribution in [3.63, 3.8) is 0 Å². The number of carboxylic acid groups (broad SMARTS) is 1. The van der Waals surface area contributed by atoms with Crippen LogP contribution < -0.4 is 11.1 Å². The van der Waals surface area contributed by atoms with Crippen LogP contribution in [0.25, 0.3) is 10.8 Å². The van der Waals surface area contributed by atoms with Gasteiger partial charge in [0.25, 0.3) is 11.1 Å². The lowest BCUT2D eigenvalue weighted by molar-refractivity contribution is -0.141. The number of likely N-dealkylation sites (tertiary alicyclic amines) is 1. The van der Waals surface area contributed by atoms with Gasteiger partial charge < -0.3 is 10.0 Å². The summed E-state index contributed by atoms with van der Waals surface area (Å²) in [7, 11) is 0. The van der Waals surface area contributed by atoms with E-state index in [2.05, 4.69) is 5.10 Å². The number of nitrogens with zero attached hydrogens (tertiary/aromatic N) is 2. The number of aromatic amines is 1. The maximum atomic E-state index is 12.3. The molecule has 1 amide bonds. The number of benzene rings is 1. The Kier molecular flexibility index (Phi) is 3.73. The van der Waals surface area contributed by atoms with E-state index in [9.17, 15) is 19.2 Å². The van der Waals surface area contributed by atoms with Crippen LogP contribution in [0.1, 0.15) is 6.42 Å². The van der Waals surface area contributed by atoms with Crippen molar-refractivity contribution in [1.82, 2.24) is 14.7 Å². The number of carboxylic acids is 1. The van der Waals surface area contributed by atoms with E-state index in [1.165, 1.54) is 4.90 Å². The van der Waals surface area contributed by atoms with Crippen LogP contribution in [0.3, 0.4) is 0 Å². The quantitative estimate of drug-likeness (QED) is 0.798. The predicted octanol–water partition coefficient (Wildman–Crippen LogP) is -0.377. The molecule has 0 aliphatic carbocycles. The Morgan fingerprint density at radius 1 is 1.17 bits per heavy atom. The highest BCUT2D eigenvalue weighted by Gasteiger charge is 2.33. The number of hydrogen-bond acceptors (Lipinski definition) is 4. The summed E-state index contributed by atoms with van der Waals surface area (Å²) in [6, 6.07) is 6.50. The molecular weight excluding hydrogens is 302 g/mol. The van der Waals surface area contributed by atoms with E-state index in [4.69, 9.17) is 5.11 Å². The average molecular weight is 317 g/mol. The third-order valence-corrected chi connectivity index (χ3v) is 4.04. The standard InChI is InChI=1S/C15H15N3O5/c19-12-7-9(15(22)23)8-17(12)5-6-18-14(21)11-4-2-1-3-10(11)13(20)16-18/h1-4,9H,5-8H2,(H,16,20)(H,22,23). The van der Waals surface area contributed by atoms with Gasteiger partial charge in [0.1, 0.15) is 0 Å². The van der Waals surface area contributed by atoms with Gasteiger partial charge in [-0.15, -0.1) is 0 Å². The van der Waals surface area contributed by atoms with E-state index in [1.54, 1.807) is 24.3 Å². The number of H-pyrrole nitrogens is 1. The second-order valence-electron chi connectivity index (χ2n) is 5.52. The monoisotopic (exact) mass is 317 g/mol. The molecule has 1 aromatic carbocycles. The van der Waals surface area contributed by atoms with Gasteiger partial charge in [0.05, 0.1) is 23.2 Å². The van der Waals surface area contributed by atoms with Gasteiger partial charge in [-0.25, -0.2) is 4.68 Å². The minimum absolute atomic E-state index is 0.0293. The summed E-state index contributed by atoms with van der Waals surface area (Å²) in [6.07, 6.45) is -0.0293. The normalized spacial score (nSPS) is 17.8. The van der Waals surface area contributed by atoms with Crippen LogP contribution in [-0.2, 0) is 16.1 Å². The first-order chi connectivity index (χ1) is 11.0. The maximum Gasteiger partial charge on any atom is 0.308 e. The molecule has 0 saturated carbocycles. The van der Waals surface area contributed by atoms with E-state index in [0.29, 0.717) is 10.8 Å². The first kappa shape index (κ1) is 15.0. The van der Waals surface area contributed by atoms with Crippen LogP contribution in [0.4, 0.5) is 0 Å². The zero-order valence-electron chi connectivity index (χ0n) is 12.2. The molecule has 1 fully saturated rings. The topological polar surface area (TPSA) is 112 Å². The predicted molar refractivity (Wildman–Crippen MR) is 81.2 cm³/mol. The molecule has 1 aromatic heterocycles. The lowest BCUT2D eigenvalue weighted by Gasteiger charge is -2.16. The Morgan fingerprint density at radius 2 is 1.87 bits per heavy atom. The fourth-order valence-corrected chi connectivity index (χ4v) is 2.78. The molecule has 1 saturated heterocycles. The molecule has 0 spiro atoms. The van der Waals surface area contributed by atoms with Gasteiger partial charge in [-0.2, -0.15) is 0 Å². The first-order valence-corrected chi connectivity index (χ1v) is 7.20. The summed E-state index contributed by atoms with van der Waals surface area (Å²) in [4.78, 5) is 48.4. The summed E-state index contributed by atoms with van der Waals surface area (Å²) in [5.41, 5.74) is -0.724. The van der Waals surface area contributed by atoms with E-state index >= 15 is 0 Å². The molecule has 3 rings (SSSR count). The van der Waals surface area contributed by atoms with Crippen molar-refractivity contribution in [2.24, 2.45) is 5.92 Å². The second kappa shape index (κ2) is 5.71. The zero-order valence-corrected chi connectivity index (χ0v) is 12.2. The summed E-state index contributed by atoms with van der Waals surface area (Å²) in [5.74, 6) is -1.97. The minimum atomic E-state index is -1.00. The highest BCUT2D eigenvalue weighted by molar-refractivity contribution is 5.86. The number of aromatic nitrogens is 2. The Bertz CT molecular complexity index is 898. The van der Waals surface area contributed by atoms with E-state index < -0.39 is 11.9 Å². The summed E-state index contributed by atoms with van der Waals surface area (Å²) < 4.78 is 1.16. The van der Waals surface area contributed by atoms with Gasteiger partial charge in [0.2, 0.25) is 5.91 Å². The van der Waals surface area contributed by atoms with Crippen LogP contribution in [0.15, 0.2) is 33.9 Å². The molecular formula is C15H15N3O5. The molecule has 8 nitrogen and oxygen atoms in total. The van der Waals surface area contributed by atoms with Crippen LogP contribution in [0.2, 0.25) is 0 Å². The number of hydrogen-bond donors (Lipinski definition) is 2. The van der Waals surface area contributed by atoms with Gasteiger partial charge in [-0.3, -0.25) is 24.3 Å². The van der Waals surface area contributed by atoms with Crippen molar-refractivity contribution < 1.29 is 14.7 Å². The molecule has 1 aliphatic heterocycles. The van der Waals surface area contributed by atoms with Crippen molar-refractivity contribution in [3.8, 4) is 0 Å². The molecule has 23 heavy (non-hydrogen) atoms. The van der Waals surface area contributed by atoms with Crippen LogP contribution in [0, 0.1) is 5.92 Å². The fraction of sp³-hybridized carbons (Fsp3) is 0.333. The van der Waals surface area contributed by atoms with Crippen LogP contribution >= 0.6 is 0 Å². The van der Waals surface area contributed by atoms with E-state index in [0.717, 1.165) is 4.68 Å². The number of amides is 1. The zero-order chi connectivity index (χ0) is 16.6. The van der Waals surface area contributed by atoms with Crippen molar-refractivity contribution in [3.05, 3.63) is 45.0 Å². The third-order valence-electron chi connectivity index (χ3n) is 4.04. The lowest BCUT2D eigenvalue weighted by atomic mass is 10.1. The number of rotatable bonds is 4. The first-order valence-electron chi connectivity index (χ1n) is 7.20. The van der Waals surface area contributed by atoms with Gasteiger partial charge in [0.15, 0.2) is 0 Å². The van der Waals surface area contributed by atoms with Crippen molar-refractivity contribution in [2.75, 3.05) is 13.1 Å². The SMILES string of the molecule is O=C(O)C1CC(=O)N(CCn2[nH]c(=O)c3ccccc3c2=O)C1. The molecule has 2 aromatic rings. The van der Waals surface area contributed by atoms with Crippen molar-refractivity contribution in [1.29, 1.82) is 0 Å². The van der Waals surface area contributed by atoms with E-state index in [1.807, 2.05) is 0 Å². The molecule has 120 valence electrons. The van der Waals surface area contributed by atoms with Crippen molar-refractivity contribution >= 4 is 22.6 Å². The van der Waals surface area contributed by atoms with E-state index in [-0.39, 0.29) is 43.1 Å². The van der Waals surface area contributed by atoms with Crippen LogP contribution in [0.5, 0.6) is 0 Å². The number of carbonyl (C=O) groups excluding carboxylic acids is 1. The highest BCUT2D eigenvalue weighted by Crippen LogP contribution is 2.17. The molecule has 1 unspecified atom stereocenters. The molecule has 1 aliphatic rings. The summed E-state index contributed by atoms with van der Waals surface area (Å²) >= 11 is 0. The Balaban J connectivity index is 1.82. The lowest BCUT2D eigenvalue weighted by Crippen LogP contribution is -2.36. The smallest absolute Gasteiger partial charge is 0.308 e. The Labute approximate surface area is 129 Å². The Morgan fingerprint density at radius 3 is 2.52 bits per heavy atom. The molecule has 2 heterocycles. The number of carbonyl (C=O) groups is 2. The maximum absolute atomic E-state index is 12.3. The number of aliphatic carboxylic acids is 1. The van der Waals surface area contributed by atoms with Gasteiger partial charge in [-0.05, 0) is 12.1 Å². The van der Waals surface area contributed by atoms with Gasteiger partial charge >= 0.3 is 5.97 Å².